The maximum atomic E-state index is 12.9. The average molecular weight is 451 g/mol. The fourth-order valence-electron chi connectivity index (χ4n) is 3.61. The third kappa shape index (κ3) is 9.53. The Bertz CT molecular complexity index is 769. The van der Waals surface area contributed by atoms with Gasteiger partial charge in [-0.15, -0.1) is 0 Å². The molecule has 4 amide bonds. The largest absolute Gasteiger partial charge is 0.444 e. The summed E-state index contributed by atoms with van der Waals surface area (Å²) in [5.41, 5.74) is -0.432. The lowest BCUT2D eigenvalue weighted by Crippen LogP contribution is -2.57. The van der Waals surface area contributed by atoms with Gasteiger partial charge in [-0.1, -0.05) is 37.8 Å². The zero-order valence-corrected chi connectivity index (χ0v) is 19.2. The van der Waals surface area contributed by atoms with Crippen LogP contribution >= 0.6 is 0 Å². The number of carbonyl (C=O) groups is 3. The van der Waals surface area contributed by atoms with Crippen LogP contribution in [-0.2, 0) is 16.1 Å². The molecule has 4 N–H and O–H groups in total. The summed E-state index contributed by atoms with van der Waals surface area (Å²) >= 11 is 0. The van der Waals surface area contributed by atoms with Crippen LogP contribution in [0.2, 0.25) is 0 Å². The number of urea groups is 1. The molecule has 0 spiro atoms. The molecule has 32 heavy (non-hydrogen) atoms. The van der Waals surface area contributed by atoms with Gasteiger partial charge in [0.05, 0.1) is 12.1 Å². The van der Waals surface area contributed by atoms with Crippen LogP contribution < -0.4 is 21.3 Å². The molecule has 0 saturated heterocycles. The Hall–Kier alpha value is -2.84. The van der Waals surface area contributed by atoms with Gasteiger partial charge in [0, 0.05) is 13.1 Å². The molecule has 0 bridgehead atoms. The normalized spacial score (nSPS) is 15.8. The van der Waals surface area contributed by atoms with E-state index in [1.807, 2.05) is 0 Å². The number of rotatable bonds is 7. The van der Waals surface area contributed by atoms with Crippen molar-refractivity contribution in [1.82, 2.24) is 21.3 Å². The smallest absolute Gasteiger partial charge is 0.408 e. The Labute approximate surface area is 189 Å². The second-order valence-corrected chi connectivity index (χ2v) is 9.26. The van der Waals surface area contributed by atoms with Crippen LogP contribution in [0.25, 0.3) is 0 Å². The Morgan fingerprint density at radius 3 is 2.19 bits per heavy atom. The molecule has 178 valence electrons. The molecule has 0 heterocycles. The summed E-state index contributed by atoms with van der Waals surface area (Å²) in [6, 6.07) is 5.28. The molecule has 8 nitrogen and oxygen atoms in total. The summed E-state index contributed by atoms with van der Waals surface area (Å²) in [6.45, 7) is 5.71. The lowest BCUT2D eigenvalue weighted by Gasteiger charge is -2.35. The van der Waals surface area contributed by atoms with E-state index in [2.05, 4.69) is 21.3 Å². The first kappa shape index (κ1) is 25.4. The molecule has 1 aliphatic carbocycles. The number of hydrogen-bond donors (Lipinski definition) is 4. The van der Waals surface area contributed by atoms with Crippen molar-refractivity contribution in [3.05, 3.63) is 35.6 Å². The van der Waals surface area contributed by atoms with E-state index in [1.54, 1.807) is 32.9 Å². The van der Waals surface area contributed by atoms with Crippen molar-refractivity contribution in [3.8, 4) is 0 Å². The summed E-state index contributed by atoms with van der Waals surface area (Å²) in [5, 5.41) is 10.9. The quantitative estimate of drug-likeness (QED) is 0.478. The Morgan fingerprint density at radius 1 is 0.969 bits per heavy atom. The number of alkyl carbamates (subject to hydrolysis) is 1. The number of amides is 4. The Kier molecular flexibility index (Phi) is 9.28. The molecule has 1 aliphatic rings. The zero-order chi connectivity index (χ0) is 23.6. The van der Waals surface area contributed by atoms with Gasteiger partial charge in [-0.05, 0) is 51.3 Å². The molecule has 1 aromatic rings. The van der Waals surface area contributed by atoms with Gasteiger partial charge in [0.15, 0.2) is 0 Å². The number of benzene rings is 1. The van der Waals surface area contributed by atoms with Gasteiger partial charge in [-0.2, -0.15) is 0 Å². The van der Waals surface area contributed by atoms with Crippen LogP contribution in [0.15, 0.2) is 24.3 Å². The minimum atomic E-state index is -0.607. The van der Waals surface area contributed by atoms with Crippen molar-refractivity contribution in [2.24, 2.45) is 0 Å². The molecule has 1 saturated carbocycles. The first-order valence-electron chi connectivity index (χ1n) is 11.1. The molecule has 0 radical (unpaired) electrons. The summed E-state index contributed by atoms with van der Waals surface area (Å²) in [4.78, 5) is 36.6. The highest BCUT2D eigenvalue weighted by molar-refractivity contribution is 5.84. The average Bonchev–Trinajstić information content (AvgIpc) is 2.94. The summed E-state index contributed by atoms with van der Waals surface area (Å²) in [5.74, 6) is -0.695. The van der Waals surface area contributed by atoms with Gasteiger partial charge >= 0.3 is 12.1 Å². The van der Waals surface area contributed by atoms with Crippen LogP contribution in [-0.4, -0.2) is 42.3 Å². The molecule has 0 unspecified atom stereocenters. The van der Waals surface area contributed by atoms with Gasteiger partial charge in [-0.25, -0.2) is 14.0 Å². The minimum absolute atomic E-state index is 0.197. The fraction of sp³-hybridized carbons (Fsp3) is 0.609. The van der Waals surface area contributed by atoms with E-state index < -0.39 is 23.3 Å². The van der Waals surface area contributed by atoms with Gasteiger partial charge in [0.25, 0.3) is 0 Å². The van der Waals surface area contributed by atoms with Crippen molar-refractivity contribution in [3.63, 3.8) is 0 Å². The topological polar surface area (TPSA) is 109 Å². The van der Waals surface area contributed by atoms with E-state index in [-0.39, 0.29) is 31.4 Å². The van der Waals surface area contributed by atoms with E-state index in [0.29, 0.717) is 0 Å². The molecule has 0 aromatic heterocycles. The SMILES string of the molecule is CC(C)(C)OC(=O)NC1(CNC(=O)CNC(=O)NCc2ccc(F)cc2)CCCCCC1. The Morgan fingerprint density at radius 2 is 1.59 bits per heavy atom. The second kappa shape index (κ2) is 11.7. The molecular formula is C23H35FN4O4. The molecule has 2 rings (SSSR count). The second-order valence-electron chi connectivity index (χ2n) is 9.26. The first-order valence-corrected chi connectivity index (χ1v) is 11.1. The number of nitrogens with one attached hydrogen (secondary N) is 4. The number of halogens is 1. The highest BCUT2D eigenvalue weighted by Gasteiger charge is 2.34. The third-order valence-electron chi connectivity index (χ3n) is 5.23. The van der Waals surface area contributed by atoms with Crippen molar-refractivity contribution >= 4 is 18.0 Å². The van der Waals surface area contributed by atoms with E-state index >= 15 is 0 Å². The predicted molar refractivity (Wildman–Crippen MR) is 119 cm³/mol. The molecule has 9 heteroatoms. The third-order valence-corrected chi connectivity index (χ3v) is 5.23. The van der Waals surface area contributed by atoms with Gasteiger partial charge in [0.1, 0.15) is 11.4 Å². The van der Waals surface area contributed by atoms with Crippen molar-refractivity contribution in [1.29, 1.82) is 0 Å². The van der Waals surface area contributed by atoms with Crippen molar-refractivity contribution in [2.45, 2.75) is 77.0 Å². The first-order chi connectivity index (χ1) is 15.1. The summed E-state index contributed by atoms with van der Waals surface area (Å²) in [7, 11) is 0. The maximum absolute atomic E-state index is 12.9. The van der Waals surface area contributed by atoms with Crippen molar-refractivity contribution < 1.29 is 23.5 Å². The fourth-order valence-corrected chi connectivity index (χ4v) is 3.61. The maximum Gasteiger partial charge on any atom is 0.408 e. The van der Waals surface area contributed by atoms with Crippen LogP contribution in [0.1, 0.15) is 64.9 Å². The van der Waals surface area contributed by atoms with E-state index in [9.17, 15) is 18.8 Å². The Balaban J connectivity index is 1.80. The lowest BCUT2D eigenvalue weighted by atomic mass is 9.90. The standard InChI is InChI=1S/C23H35FN4O4/c1-22(2,3)32-21(31)28-23(12-6-4-5-7-13-23)16-27-19(29)15-26-20(30)25-14-17-8-10-18(24)11-9-17/h8-11H,4-7,12-16H2,1-3H3,(H,27,29)(H,28,31)(H2,25,26,30). The zero-order valence-electron chi connectivity index (χ0n) is 19.2. The highest BCUT2D eigenvalue weighted by Crippen LogP contribution is 2.27. The number of hydrogen-bond acceptors (Lipinski definition) is 4. The molecule has 1 aromatic carbocycles. The van der Waals surface area contributed by atoms with Crippen LogP contribution in [0.4, 0.5) is 14.0 Å². The summed E-state index contributed by atoms with van der Waals surface area (Å²) < 4.78 is 18.3. The predicted octanol–water partition coefficient (Wildman–Crippen LogP) is 3.36. The molecular weight excluding hydrogens is 415 g/mol. The van der Waals surface area contributed by atoms with Crippen molar-refractivity contribution in [2.75, 3.05) is 13.1 Å². The number of carbonyl (C=O) groups excluding carboxylic acids is 3. The highest BCUT2D eigenvalue weighted by atomic mass is 19.1. The van der Waals surface area contributed by atoms with Gasteiger partial charge < -0.3 is 26.0 Å². The van der Waals surface area contributed by atoms with Gasteiger partial charge in [-0.3, -0.25) is 4.79 Å². The molecule has 0 atom stereocenters. The van der Waals surface area contributed by atoms with Crippen LogP contribution in [0, 0.1) is 5.82 Å². The van der Waals surface area contributed by atoms with E-state index in [1.165, 1.54) is 12.1 Å². The summed E-state index contributed by atoms with van der Waals surface area (Å²) in [6.07, 6.45) is 5.08. The lowest BCUT2D eigenvalue weighted by molar-refractivity contribution is -0.120. The monoisotopic (exact) mass is 450 g/mol. The molecule has 0 aliphatic heterocycles. The minimum Gasteiger partial charge on any atom is -0.444 e. The molecule has 1 fully saturated rings. The number of ether oxygens (including phenoxy) is 1. The van der Waals surface area contributed by atoms with E-state index in [4.69, 9.17) is 4.74 Å². The van der Waals surface area contributed by atoms with E-state index in [0.717, 1.165) is 44.1 Å². The van der Waals surface area contributed by atoms with Crippen LogP contribution in [0.3, 0.4) is 0 Å². The van der Waals surface area contributed by atoms with Gasteiger partial charge in [0.2, 0.25) is 5.91 Å². The van der Waals surface area contributed by atoms with Crippen LogP contribution in [0.5, 0.6) is 0 Å².